The normalized spacial score (nSPS) is 12.9. The van der Waals surface area contributed by atoms with Gasteiger partial charge in [0.15, 0.2) is 0 Å². The summed E-state index contributed by atoms with van der Waals surface area (Å²) in [4.78, 5) is 115. The Morgan fingerprint density at radius 3 is 1.76 bits per heavy atom. The highest BCUT2D eigenvalue weighted by Crippen LogP contribution is 2.11. The van der Waals surface area contributed by atoms with Crippen molar-refractivity contribution in [1.82, 2.24) is 26.2 Å². The fourth-order valence-corrected chi connectivity index (χ4v) is 5.15. The number of carboxylic acids is 1. The van der Waals surface area contributed by atoms with Gasteiger partial charge in [-0.2, -0.15) is 0 Å². The average Bonchev–Trinajstić information content (AvgIpc) is 3.16. The van der Waals surface area contributed by atoms with Crippen LogP contribution in [0.2, 0.25) is 0 Å². The quantitative estimate of drug-likeness (QED) is 0.0862. The highest BCUT2D eigenvalue weighted by Gasteiger charge is 2.33. The lowest BCUT2D eigenvalue weighted by Gasteiger charge is -2.25. The molecule has 0 aromatic heterocycles. The van der Waals surface area contributed by atoms with E-state index in [2.05, 4.69) is 26.0 Å². The molecule has 5 N–H and O–H groups in total. The standard InChI is InChI=1S/C39H51N5O14/c1-39(2,3)58-38(54)43-27(19-24-13-9-7-10-14-24)34(50)42-28(37(53)57-23-25-15-11-8-12-16-25)20-30(45)40-26(35(51)55-5)17-18-32(47)44(4)22-31(46)41-29(21-33(48)49)36(52)56-6/h7-16,26-29H,17-23H2,1-6H3,(H,40,45)(H,41,46)(H,42,50)(H,43,54)(H,48,49)/t26-,27-,28-,29-/m0/s1. The molecule has 2 aromatic carbocycles. The van der Waals surface area contributed by atoms with Crippen molar-refractivity contribution in [3.8, 4) is 0 Å². The summed E-state index contributed by atoms with van der Waals surface area (Å²) >= 11 is 0. The molecule has 2 aromatic rings. The van der Waals surface area contributed by atoms with Gasteiger partial charge in [-0.1, -0.05) is 60.7 Å². The summed E-state index contributed by atoms with van der Waals surface area (Å²) in [6.07, 6.45) is -3.17. The number of carboxylic acid groups (broad SMARTS) is 1. The third-order valence-corrected chi connectivity index (χ3v) is 7.98. The van der Waals surface area contributed by atoms with Crippen LogP contribution in [0.15, 0.2) is 60.7 Å². The molecule has 0 fully saturated rings. The molecule has 0 aliphatic heterocycles. The number of alkyl carbamates (subject to hydrolysis) is 1. The maximum Gasteiger partial charge on any atom is 0.408 e. The van der Waals surface area contributed by atoms with Crippen LogP contribution in [0, 0.1) is 0 Å². The van der Waals surface area contributed by atoms with Crippen LogP contribution in [0.3, 0.4) is 0 Å². The molecule has 0 bridgehead atoms. The van der Waals surface area contributed by atoms with Crippen molar-refractivity contribution < 1.29 is 67.2 Å². The first-order valence-electron chi connectivity index (χ1n) is 18.1. The largest absolute Gasteiger partial charge is 0.481 e. The lowest BCUT2D eigenvalue weighted by Crippen LogP contribution is -2.54. The summed E-state index contributed by atoms with van der Waals surface area (Å²) in [5.74, 6) is -7.67. The third kappa shape index (κ3) is 17.9. The third-order valence-electron chi connectivity index (χ3n) is 7.98. The Kier molecular flexibility index (Phi) is 19.3. The van der Waals surface area contributed by atoms with Gasteiger partial charge >= 0.3 is 30.0 Å². The molecule has 2 rings (SSSR count). The molecule has 0 aliphatic carbocycles. The summed E-state index contributed by atoms with van der Waals surface area (Å²) in [5.41, 5.74) is 0.369. The predicted octanol–water partition coefficient (Wildman–Crippen LogP) is 0.770. The van der Waals surface area contributed by atoms with Gasteiger partial charge in [0, 0.05) is 19.9 Å². The number of hydrogen-bond acceptors (Lipinski definition) is 13. The molecule has 0 aliphatic rings. The number of methoxy groups -OCH3 is 2. The first-order chi connectivity index (χ1) is 27.3. The number of likely N-dealkylation sites (N-methyl/N-ethyl adjacent to an activating group) is 1. The van der Waals surface area contributed by atoms with Gasteiger partial charge in [0.2, 0.25) is 23.6 Å². The van der Waals surface area contributed by atoms with E-state index in [1.165, 1.54) is 7.05 Å². The van der Waals surface area contributed by atoms with Crippen LogP contribution in [-0.2, 0) is 70.3 Å². The highest BCUT2D eigenvalue weighted by molar-refractivity contribution is 5.94. The van der Waals surface area contributed by atoms with E-state index in [-0.39, 0.29) is 19.4 Å². The van der Waals surface area contributed by atoms with Crippen LogP contribution in [0.5, 0.6) is 0 Å². The molecule has 0 unspecified atom stereocenters. The number of aliphatic carboxylic acids is 1. The lowest BCUT2D eigenvalue weighted by molar-refractivity contribution is -0.151. The van der Waals surface area contributed by atoms with Gasteiger partial charge < -0.3 is 50.2 Å². The summed E-state index contributed by atoms with van der Waals surface area (Å²) in [5, 5.41) is 18.6. The fourth-order valence-electron chi connectivity index (χ4n) is 5.15. The van der Waals surface area contributed by atoms with Gasteiger partial charge in [-0.15, -0.1) is 0 Å². The average molecular weight is 814 g/mol. The van der Waals surface area contributed by atoms with Gasteiger partial charge in [-0.05, 0) is 38.3 Å². The van der Waals surface area contributed by atoms with Gasteiger partial charge in [-0.25, -0.2) is 19.2 Å². The predicted molar refractivity (Wildman–Crippen MR) is 203 cm³/mol. The number of benzene rings is 2. The van der Waals surface area contributed by atoms with Crippen LogP contribution >= 0.6 is 0 Å². The Labute approximate surface area is 335 Å². The second-order valence-corrected chi connectivity index (χ2v) is 13.9. The number of esters is 3. The van der Waals surface area contributed by atoms with Crippen LogP contribution in [0.4, 0.5) is 4.79 Å². The first-order valence-corrected chi connectivity index (χ1v) is 18.1. The Balaban J connectivity index is 2.22. The number of nitrogens with zero attached hydrogens (tertiary/aromatic N) is 1. The number of hydrogen-bond donors (Lipinski definition) is 5. The number of carbonyl (C=O) groups is 9. The monoisotopic (exact) mass is 813 g/mol. The molecule has 19 heteroatoms. The van der Waals surface area contributed by atoms with Crippen molar-refractivity contribution in [1.29, 1.82) is 0 Å². The number of carbonyl (C=O) groups excluding carboxylic acids is 8. The van der Waals surface area contributed by atoms with Crippen LogP contribution in [-0.4, -0.2) is 121 Å². The molecule has 0 heterocycles. The lowest BCUT2D eigenvalue weighted by atomic mass is 10.0. The number of rotatable bonds is 21. The summed E-state index contributed by atoms with van der Waals surface area (Å²) in [6.45, 7) is 4.11. The van der Waals surface area contributed by atoms with E-state index in [4.69, 9.17) is 19.3 Å². The smallest absolute Gasteiger partial charge is 0.408 e. The van der Waals surface area contributed by atoms with Crippen LogP contribution in [0.1, 0.15) is 57.6 Å². The Morgan fingerprint density at radius 1 is 0.672 bits per heavy atom. The van der Waals surface area contributed by atoms with Crippen LogP contribution in [0.25, 0.3) is 0 Å². The zero-order valence-electron chi connectivity index (χ0n) is 33.2. The van der Waals surface area contributed by atoms with Gasteiger partial charge in [-0.3, -0.25) is 24.0 Å². The van der Waals surface area contributed by atoms with Crippen LogP contribution < -0.4 is 21.3 Å². The van der Waals surface area contributed by atoms with Crippen molar-refractivity contribution in [2.24, 2.45) is 0 Å². The second kappa shape index (κ2) is 23.5. The van der Waals surface area contributed by atoms with Crippen molar-refractivity contribution in [3.05, 3.63) is 71.8 Å². The van der Waals surface area contributed by atoms with E-state index < -0.39 is 109 Å². The van der Waals surface area contributed by atoms with Gasteiger partial charge in [0.05, 0.1) is 33.6 Å². The Bertz CT molecular complexity index is 1750. The molecule has 316 valence electrons. The summed E-state index contributed by atoms with van der Waals surface area (Å²) in [7, 11) is 3.30. The number of nitrogens with one attached hydrogen (secondary N) is 4. The minimum Gasteiger partial charge on any atom is -0.481 e. The summed E-state index contributed by atoms with van der Waals surface area (Å²) in [6, 6.07) is 11.4. The SMILES string of the molecule is COC(=O)[C@H](CCC(=O)N(C)CC(=O)N[C@@H](CC(=O)O)C(=O)OC)NC(=O)C[C@H](NC(=O)[C@H](Cc1ccccc1)NC(=O)OC(C)(C)C)C(=O)OCc1ccccc1. The minimum atomic E-state index is -1.63. The highest BCUT2D eigenvalue weighted by atomic mass is 16.6. The number of ether oxygens (including phenoxy) is 4. The van der Waals surface area contributed by atoms with E-state index in [1.807, 2.05) is 0 Å². The van der Waals surface area contributed by atoms with E-state index >= 15 is 0 Å². The molecule has 5 amide bonds. The van der Waals surface area contributed by atoms with E-state index in [0.29, 0.717) is 11.1 Å². The van der Waals surface area contributed by atoms with Crippen molar-refractivity contribution in [3.63, 3.8) is 0 Å². The van der Waals surface area contributed by atoms with Crippen molar-refractivity contribution in [2.45, 2.75) is 89.3 Å². The Hall–Kier alpha value is -6.53. The number of amides is 5. The molecule has 0 saturated heterocycles. The molecule has 0 saturated carbocycles. The topological polar surface area (TPSA) is 262 Å². The van der Waals surface area contributed by atoms with Crippen molar-refractivity contribution >= 4 is 53.6 Å². The molecule has 19 nitrogen and oxygen atoms in total. The van der Waals surface area contributed by atoms with E-state index in [1.54, 1.807) is 81.4 Å². The molecular weight excluding hydrogens is 762 g/mol. The molecule has 4 atom stereocenters. The zero-order valence-corrected chi connectivity index (χ0v) is 33.2. The van der Waals surface area contributed by atoms with Crippen molar-refractivity contribution in [2.75, 3.05) is 27.8 Å². The molecule has 58 heavy (non-hydrogen) atoms. The maximum absolute atomic E-state index is 13.8. The summed E-state index contributed by atoms with van der Waals surface area (Å²) < 4.78 is 20.1. The van der Waals surface area contributed by atoms with Gasteiger partial charge in [0.1, 0.15) is 36.4 Å². The molecule has 0 spiro atoms. The Morgan fingerprint density at radius 2 is 1.21 bits per heavy atom. The van der Waals surface area contributed by atoms with Gasteiger partial charge in [0.25, 0.3) is 0 Å². The first kappa shape index (κ1) is 47.6. The minimum absolute atomic E-state index is 0.0212. The zero-order chi connectivity index (χ0) is 43.4. The van der Waals surface area contributed by atoms with E-state index in [0.717, 1.165) is 19.1 Å². The maximum atomic E-state index is 13.8. The molecule has 0 radical (unpaired) electrons. The molecular formula is C39H51N5O14. The van der Waals surface area contributed by atoms with E-state index in [9.17, 15) is 43.2 Å². The second-order valence-electron chi connectivity index (χ2n) is 13.9. The fraction of sp³-hybridized carbons (Fsp3) is 0.462.